The van der Waals surface area contributed by atoms with Crippen LogP contribution >= 0.6 is 0 Å². The molecule has 0 fully saturated rings. The Morgan fingerprint density at radius 1 is 1.07 bits per heavy atom. The van der Waals surface area contributed by atoms with Gasteiger partial charge in [-0.05, 0) is 56.7 Å². The van der Waals surface area contributed by atoms with Crippen LogP contribution in [0.1, 0.15) is 32.4 Å². The van der Waals surface area contributed by atoms with Gasteiger partial charge in [0.1, 0.15) is 12.1 Å². The van der Waals surface area contributed by atoms with E-state index in [1.807, 2.05) is 49.6 Å². The fraction of sp³-hybridized carbons (Fsp3) is 0.238. The first kappa shape index (κ1) is 18.0. The zero-order chi connectivity index (χ0) is 19.7. The topological polar surface area (TPSA) is 67.8 Å². The molecule has 7 heteroatoms. The summed E-state index contributed by atoms with van der Waals surface area (Å²) in [5, 5.41) is 10.7. The summed E-state index contributed by atoms with van der Waals surface area (Å²) >= 11 is 0. The van der Waals surface area contributed by atoms with Gasteiger partial charge in [-0.3, -0.25) is 4.57 Å². The van der Waals surface area contributed by atoms with Crippen LogP contribution in [0.25, 0.3) is 16.9 Å². The number of aromatic amines is 1. The molecular weight excluding hydrogens is 357 g/mol. The maximum absolute atomic E-state index is 13.1. The van der Waals surface area contributed by atoms with Crippen molar-refractivity contribution in [2.75, 3.05) is 5.32 Å². The number of anilines is 1. The molecule has 0 spiro atoms. The molecule has 28 heavy (non-hydrogen) atoms. The Balaban J connectivity index is 1.61. The Hall–Kier alpha value is -3.35. The highest BCUT2D eigenvalue weighted by Gasteiger charge is 2.12. The van der Waals surface area contributed by atoms with Gasteiger partial charge < -0.3 is 10.1 Å². The minimum Gasteiger partial charge on any atom is -0.475 e. The summed E-state index contributed by atoms with van der Waals surface area (Å²) in [5.41, 5.74) is 3.76. The van der Waals surface area contributed by atoms with Crippen LogP contribution in [0.15, 0.2) is 54.9 Å². The first-order valence-corrected chi connectivity index (χ1v) is 9.21. The highest BCUT2D eigenvalue weighted by atomic mass is 19.1. The van der Waals surface area contributed by atoms with E-state index in [2.05, 4.69) is 20.5 Å². The van der Waals surface area contributed by atoms with Gasteiger partial charge in [-0.1, -0.05) is 12.1 Å². The van der Waals surface area contributed by atoms with Crippen LogP contribution in [0.3, 0.4) is 0 Å². The number of ether oxygens (including phenoxy) is 1. The predicted octanol–water partition coefficient (Wildman–Crippen LogP) is 4.85. The van der Waals surface area contributed by atoms with Crippen molar-refractivity contribution in [1.29, 1.82) is 0 Å². The molecule has 4 aromatic rings. The van der Waals surface area contributed by atoms with E-state index in [1.54, 1.807) is 18.5 Å². The molecule has 2 aromatic heterocycles. The van der Waals surface area contributed by atoms with E-state index >= 15 is 0 Å². The van der Waals surface area contributed by atoms with Gasteiger partial charge in [0.2, 0.25) is 5.88 Å². The number of rotatable bonds is 6. The summed E-state index contributed by atoms with van der Waals surface area (Å²) in [7, 11) is 0. The maximum atomic E-state index is 13.1. The van der Waals surface area contributed by atoms with Crippen LogP contribution in [0.5, 0.6) is 5.88 Å². The molecule has 4 rings (SSSR count). The van der Waals surface area contributed by atoms with E-state index in [4.69, 9.17) is 4.74 Å². The number of aromatic nitrogens is 4. The van der Waals surface area contributed by atoms with Gasteiger partial charge in [0, 0.05) is 17.8 Å². The molecule has 2 N–H and O–H groups in total. The normalized spacial score (nSPS) is 12.5. The third kappa shape index (κ3) is 3.69. The lowest BCUT2D eigenvalue weighted by Gasteiger charge is -2.16. The van der Waals surface area contributed by atoms with Crippen LogP contribution in [-0.4, -0.2) is 25.9 Å². The highest BCUT2D eigenvalue weighted by Crippen LogP contribution is 2.25. The van der Waals surface area contributed by atoms with Gasteiger partial charge >= 0.3 is 0 Å². The molecule has 2 heterocycles. The molecule has 0 saturated heterocycles. The smallest absolute Gasteiger partial charge is 0.211 e. The number of hydrogen-bond acceptors (Lipinski definition) is 4. The lowest BCUT2D eigenvalue weighted by atomic mass is 10.1. The number of nitrogens with zero attached hydrogens (tertiary/aromatic N) is 3. The zero-order valence-corrected chi connectivity index (χ0v) is 16.0. The molecule has 0 aliphatic heterocycles. The lowest BCUT2D eigenvalue weighted by Crippen LogP contribution is -2.06. The number of hydrogen-bond donors (Lipinski definition) is 2. The van der Waals surface area contributed by atoms with Crippen molar-refractivity contribution in [2.24, 2.45) is 0 Å². The summed E-state index contributed by atoms with van der Waals surface area (Å²) in [6, 6.07) is 14.4. The number of H-pyrrole nitrogens is 1. The van der Waals surface area contributed by atoms with Crippen LogP contribution in [0.2, 0.25) is 0 Å². The van der Waals surface area contributed by atoms with Crippen molar-refractivity contribution in [1.82, 2.24) is 19.7 Å². The van der Waals surface area contributed by atoms with Crippen molar-refractivity contribution < 1.29 is 9.13 Å². The standard InChI is InChI=1S/C21H22FN5O/c1-13(2)28-21-11-20(25-26-21)27-12-23-18-9-8-17(10-19(18)27)24-14(3)15-4-6-16(22)7-5-15/h4-14,24H,1-3H3,(H,25,26)/t14-/m0/s1. The quantitative estimate of drug-likeness (QED) is 0.503. The maximum Gasteiger partial charge on any atom is 0.211 e. The summed E-state index contributed by atoms with van der Waals surface area (Å²) < 4.78 is 20.7. The average Bonchev–Trinajstić information content (AvgIpc) is 3.28. The Morgan fingerprint density at radius 3 is 2.61 bits per heavy atom. The molecular formula is C21H22FN5O. The molecule has 1 atom stereocenters. The van der Waals surface area contributed by atoms with Gasteiger partial charge in [-0.25, -0.2) is 14.5 Å². The van der Waals surface area contributed by atoms with Gasteiger partial charge in [0.15, 0.2) is 5.82 Å². The molecule has 0 aliphatic carbocycles. The van der Waals surface area contributed by atoms with Gasteiger partial charge in [0.25, 0.3) is 0 Å². The van der Waals surface area contributed by atoms with E-state index in [-0.39, 0.29) is 18.0 Å². The Morgan fingerprint density at radius 2 is 1.86 bits per heavy atom. The van der Waals surface area contributed by atoms with Crippen molar-refractivity contribution >= 4 is 16.7 Å². The van der Waals surface area contributed by atoms with Gasteiger partial charge in [0.05, 0.1) is 17.1 Å². The van der Waals surface area contributed by atoms with E-state index < -0.39 is 0 Å². The summed E-state index contributed by atoms with van der Waals surface area (Å²) in [6.07, 6.45) is 1.81. The second-order valence-corrected chi connectivity index (χ2v) is 6.99. The number of nitrogens with one attached hydrogen (secondary N) is 2. The molecule has 0 amide bonds. The number of fused-ring (bicyclic) bond motifs is 1. The molecule has 0 radical (unpaired) electrons. The molecule has 6 nitrogen and oxygen atoms in total. The van der Waals surface area contributed by atoms with Gasteiger partial charge in [-0.15, -0.1) is 0 Å². The molecule has 2 aromatic carbocycles. The predicted molar refractivity (Wildman–Crippen MR) is 107 cm³/mol. The second-order valence-electron chi connectivity index (χ2n) is 6.99. The van der Waals surface area contributed by atoms with E-state index in [0.717, 1.165) is 22.3 Å². The fourth-order valence-electron chi connectivity index (χ4n) is 3.10. The fourth-order valence-corrected chi connectivity index (χ4v) is 3.10. The summed E-state index contributed by atoms with van der Waals surface area (Å²) in [5.74, 6) is 1.09. The summed E-state index contributed by atoms with van der Waals surface area (Å²) in [6.45, 7) is 5.97. The Bertz CT molecular complexity index is 1080. The van der Waals surface area contributed by atoms with Crippen LogP contribution < -0.4 is 10.1 Å². The van der Waals surface area contributed by atoms with Crippen molar-refractivity contribution in [3.63, 3.8) is 0 Å². The van der Waals surface area contributed by atoms with E-state index in [1.165, 1.54) is 12.1 Å². The van der Waals surface area contributed by atoms with Crippen molar-refractivity contribution in [2.45, 2.75) is 32.9 Å². The molecule has 144 valence electrons. The largest absolute Gasteiger partial charge is 0.475 e. The third-order valence-corrected chi connectivity index (χ3v) is 4.45. The SMILES string of the molecule is CC(C)Oc1cc(-n2cnc3ccc(N[C@@H](C)c4ccc(F)cc4)cc32)n[nH]1. The molecule has 0 saturated carbocycles. The highest BCUT2D eigenvalue weighted by molar-refractivity contribution is 5.81. The first-order chi connectivity index (χ1) is 13.5. The Kier molecular flexibility index (Phi) is 4.73. The molecule has 0 unspecified atom stereocenters. The van der Waals surface area contributed by atoms with Crippen molar-refractivity contribution in [3.05, 3.63) is 66.2 Å². The minimum atomic E-state index is -0.235. The van der Waals surface area contributed by atoms with Crippen molar-refractivity contribution in [3.8, 4) is 11.7 Å². The van der Waals surface area contributed by atoms with E-state index in [0.29, 0.717) is 11.7 Å². The van der Waals surface area contributed by atoms with Crippen LogP contribution in [0.4, 0.5) is 10.1 Å². The molecule has 0 bridgehead atoms. The van der Waals surface area contributed by atoms with Gasteiger partial charge in [-0.2, -0.15) is 5.10 Å². The lowest BCUT2D eigenvalue weighted by molar-refractivity contribution is 0.232. The van der Waals surface area contributed by atoms with Crippen LogP contribution in [0, 0.1) is 5.82 Å². The minimum absolute atomic E-state index is 0.0332. The first-order valence-electron chi connectivity index (χ1n) is 9.21. The summed E-state index contributed by atoms with van der Waals surface area (Å²) in [4.78, 5) is 4.45. The Labute approximate surface area is 162 Å². The zero-order valence-electron chi connectivity index (χ0n) is 16.0. The third-order valence-electron chi connectivity index (χ3n) is 4.45. The number of halogens is 1. The average molecular weight is 379 g/mol. The second kappa shape index (κ2) is 7.34. The number of imidazole rings is 1. The number of benzene rings is 2. The van der Waals surface area contributed by atoms with Crippen LogP contribution in [-0.2, 0) is 0 Å². The van der Waals surface area contributed by atoms with E-state index in [9.17, 15) is 4.39 Å². The monoisotopic (exact) mass is 379 g/mol. The molecule has 0 aliphatic rings.